The van der Waals surface area contributed by atoms with E-state index in [1.807, 2.05) is 0 Å². The smallest absolute Gasteiger partial charge is 0.244 e. The fraction of sp³-hybridized carbons (Fsp3) is 0.571. The van der Waals surface area contributed by atoms with Gasteiger partial charge in [-0.1, -0.05) is 39.7 Å². The summed E-state index contributed by atoms with van der Waals surface area (Å²) in [5, 5.41) is 3.14. The summed E-state index contributed by atoms with van der Waals surface area (Å²) in [5.41, 5.74) is 0.759. The number of nitrogens with one attached hydrogen (secondary N) is 2. The first-order valence-electron chi connectivity index (χ1n) is 9.68. The summed E-state index contributed by atoms with van der Waals surface area (Å²) in [6.07, 6.45) is 7.55. The van der Waals surface area contributed by atoms with Crippen LogP contribution in [0.5, 0.6) is 5.75 Å². The molecular formula is C21H32N2O4S. The van der Waals surface area contributed by atoms with Crippen LogP contribution in [0.3, 0.4) is 0 Å². The van der Waals surface area contributed by atoms with Crippen LogP contribution in [-0.2, 0) is 14.8 Å². The quantitative estimate of drug-likeness (QED) is 0.707. The first kappa shape index (κ1) is 22.4. The summed E-state index contributed by atoms with van der Waals surface area (Å²) < 4.78 is 31.8. The number of ether oxygens (including phenoxy) is 1. The van der Waals surface area contributed by atoms with E-state index in [-0.39, 0.29) is 28.0 Å². The average molecular weight is 409 g/mol. The number of sulfonamides is 1. The van der Waals surface area contributed by atoms with Crippen molar-refractivity contribution >= 4 is 22.0 Å². The molecule has 0 aromatic heterocycles. The number of carbonyl (C=O) groups is 1. The maximum Gasteiger partial charge on any atom is 0.244 e. The molecule has 0 heterocycles. The third kappa shape index (κ3) is 5.58. The van der Waals surface area contributed by atoms with E-state index >= 15 is 0 Å². The van der Waals surface area contributed by atoms with Gasteiger partial charge in [0.15, 0.2) is 0 Å². The molecule has 1 aliphatic rings. The molecule has 0 spiro atoms. The van der Waals surface area contributed by atoms with E-state index in [4.69, 9.17) is 4.74 Å². The summed E-state index contributed by atoms with van der Waals surface area (Å²) in [5.74, 6) is 0.549. The minimum atomic E-state index is -3.66. The third-order valence-electron chi connectivity index (χ3n) is 5.38. The first-order valence-corrected chi connectivity index (χ1v) is 11.2. The summed E-state index contributed by atoms with van der Waals surface area (Å²) in [6, 6.07) is 4.96. The lowest BCUT2D eigenvalue weighted by molar-refractivity contribution is -0.118. The van der Waals surface area contributed by atoms with Gasteiger partial charge in [0.25, 0.3) is 0 Å². The monoisotopic (exact) mass is 408 g/mol. The molecule has 1 aromatic carbocycles. The average Bonchev–Trinajstić information content (AvgIpc) is 2.65. The Morgan fingerprint density at radius 1 is 1.21 bits per heavy atom. The number of carbonyl (C=O) groups excluding carboxylic acids is 1. The Balaban J connectivity index is 2.15. The molecule has 2 unspecified atom stereocenters. The van der Waals surface area contributed by atoms with Crippen LogP contribution in [0.1, 0.15) is 52.0 Å². The Morgan fingerprint density at radius 3 is 2.50 bits per heavy atom. The van der Waals surface area contributed by atoms with Gasteiger partial charge >= 0.3 is 0 Å². The second-order valence-electron chi connectivity index (χ2n) is 8.32. The van der Waals surface area contributed by atoms with Crippen molar-refractivity contribution in [1.82, 2.24) is 10.0 Å². The maximum atomic E-state index is 12.5. The minimum Gasteiger partial charge on any atom is -0.495 e. The second kappa shape index (κ2) is 9.09. The molecule has 1 aliphatic carbocycles. The van der Waals surface area contributed by atoms with Gasteiger partial charge in [-0.3, -0.25) is 4.79 Å². The highest BCUT2D eigenvalue weighted by atomic mass is 32.2. The standard InChI is InChI=1S/C21H32N2O4S/c1-21(2,3)16-8-6-7-9-17(16)23-20(24)13-11-15-10-12-18(27-5)19(14-15)28(25,26)22-4/h10-14,16-17,22H,6-9H2,1-5H3,(H,23,24)/b13-11+. The molecule has 7 heteroatoms. The van der Waals surface area contributed by atoms with Gasteiger partial charge in [-0.05, 0) is 55.0 Å². The Morgan fingerprint density at radius 2 is 1.89 bits per heavy atom. The van der Waals surface area contributed by atoms with Crippen molar-refractivity contribution in [2.45, 2.75) is 57.4 Å². The fourth-order valence-corrected chi connectivity index (χ4v) is 4.79. The summed E-state index contributed by atoms with van der Waals surface area (Å²) >= 11 is 0. The lowest BCUT2D eigenvalue weighted by Gasteiger charge is -2.40. The SMILES string of the molecule is CNS(=O)(=O)c1cc(/C=C/C(=O)NC2CCCCC2C(C)(C)C)ccc1OC. The predicted molar refractivity (Wildman–Crippen MR) is 112 cm³/mol. The molecule has 0 radical (unpaired) electrons. The topological polar surface area (TPSA) is 84.5 Å². The zero-order valence-corrected chi connectivity index (χ0v) is 18.2. The van der Waals surface area contributed by atoms with Gasteiger partial charge in [-0.2, -0.15) is 0 Å². The van der Waals surface area contributed by atoms with Crippen LogP contribution >= 0.6 is 0 Å². The normalized spacial score (nSPS) is 20.9. The van der Waals surface area contributed by atoms with Gasteiger partial charge in [0.2, 0.25) is 15.9 Å². The van der Waals surface area contributed by atoms with E-state index in [9.17, 15) is 13.2 Å². The molecule has 1 saturated carbocycles. The highest BCUT2D eigenvalue weighted by Crippen LogP contribution is 2.38. The zero-order valence-electron chi connectivity index (χ0n) is 17.4. The van der Waals surface area contributed by atoms with E-state index < -0.39 is 10.0 Å². The van der Waals surface area contributed by atoms with Crippen molar-refractivity contribution in [3.05, 3.63) is 29.8 Å². The summed E-state index contributed by atoms with van der Waals surface area (Å²) in [6.45, 7) is 6.66. The van der Waals surface area contributed by atoms with Crippen LogP contribution < -0.4 is 14.8 Å². The van der Waals surface area contributed by atoms with Crippen LogP contribution in [0.25, 0.3) is 6.08 Å². The Hall–Kier alpha value is -1.86. The Bertz CT molecular complexity index is 825. The molecule has 1 fully saturated rings. The van der Waals surface area contributed by atoms with E-state index in [0.29, 0.717) is 11.5 Å². The van der Waals surface area contributed by atoms with E-state index in [0.717, 1.165) is 19.3 Å². The van der Waals surface area contributed by atoms with Crippen molar-refractivity contribution in [2.75, 3.05) is 14.2 Å². The number of methoxy groups -OCH3 is 1. The molecule has 2 atom stereocenters. The molecule has 2 N–H and O–H groups in total. The third-order valence-corrected chi connectivity index (χ3v) is 6.81. The molecule has 6 nitrogen and oxygen atoms in total. The van der Waals surface area contributed by atoms with Gasteiger partial charge in [0.1, 0.15) is 10.6 Å². The van der Waals surface area contributed by atoms with Crippen LogP contribution in [0, 0.1) is 11.3 Å². The first-order chi connectivity index (χ1) is 13.1. The Kier molecular flexibility index (Phi) is 7.28. The molecule has 0 aliphatic heterocycles. The molecule has 156 valence electrons. The van der Waals surface area contributed by atoms with Crippen LogP contribution in [0.15, 0.2) is 29.2 Å². The van der Waals surface area contributed by atoms with Crippen molar-refractivity contribution in [1.29, 1.82) is 0 Å². The van der Waals surface area contributed by atoms with Gasteiger partial charge in [0.05, 0.1) is 7.11 Å². The molecule has 1 amide bonds. The second-order valence-corrected chi connectivity index (χ2v) is 10.2. The van der Waals surface area contributed by atoms with Crippen LogP contribution in [0.2, 0.25) is 0 Å². The lowest BCUT2D eigenvalue weighted by Crippen LogP contribution is -2.46. The number of hydrogen-bond acceptors (Lipinski definition) is 4. The number of amides is 1. The lowest BCUT2D eigenvalue weighted by atomic mass is 9.69. The molecule has 1 aromatic rings. The summed E-state index contributed by atoms with van der Waals surface area (Å²) in [7, 11) is -0.891. The van der Waals surface area contributed by atoms with Crippen LogP contribution in [0.4, 0.5) is 0 Å². The predicted octanol–water partition coefficient (Wildman–Crippen LogP) is 3.34. The molecule has 2 rings (SSSR count). The zero-order chi connectivity index (χ0) is 20.9. The highest BCUT2D eigenvalue weighted by Gasteiger charge is 2.34. The van der Waals surface area contributed by atoms with Gasteiger partial charge < -0.3 is 10.1 Å². The molecule has 28 heavy (non-hydrogen) atoms. The van der Waals surface area contributed by atoms with Gasteiger partial charge in [0, 0.05) is 12.1 Å². The number of hydrogen-bond donors (Lipinski definition) is 2. The molecule has 0 bridgehead atoms. The van der Waals surface area contributed by atoms with Crippen molar-refractivity contribution in [3.63, 3.8) is 0 Å². The highest BCUT2D eigenvalue weighted by molar-refractivity contribution is 7.89. The number of benzene rings is 1. The van der Waals surface area contributed by atoms with E-state index in [1.54, 1.807) is 18.2 Å². The van der Waals surface area contributed by atoms with E-state index in [2.05, 4.69) is 30.8 Å². The van der Waals surface area contributed by atoms with Gasteiger partial charge in [-0.15, -0.1) is 0 Å². The fourth-order valence-electron chi connectivity index (χ4n) is 3.86. The minimum absolute atomic E-state index is 0.0418. The number of rotatable bonds is 6. The maximum absolute atomic E-state index is 12.5. The Labute approximate surface area is 168 Å². The van der Waals surface area contributed by atoms with Crippen molar-refractivity contribution in [2.24, 2.45) is 11.3 Å². The largest absolute Gasteiger partial charge is 0.495 e. The van der Waals surface area contributed by atoms with Crippen molar-refractivity contribution < 1.29 is 17.9 Å². The van der Waals surface area contributed by atoms with Gasteiger partial charge in [-0.25, -0.2) is 13.1 Å². The van der Waals surface area contributed by atoms with Crippen molar-refractivity contribution in [3.8, 4) is 5.75 Å². The summed E-state index contributed by atoms with van der Waals surface area (Å²) in [4.78, 5) is 12.5. The van der Waals surface area contributed by atoms with E-state index in [1.165, 1.54) is 32.7 Å². The van der Waals surface area contributed by atoms with Crippen LogP contribution in [-0.4, -0.2) is 34.5 Å². The molecule has 0 saturated heterocycles. The molecular weight excluding hydrogens is 376 g/mol.